The molecule has 0 unspecified atom stereocenters. The van der Waals surface area contributed by atoms with Crippen molar-refractivity contribution in [2.24, 2.45) is 0 Å². The van der Waals surface area contributed by atoms with Crippen molar-refractivity contribution in [3.05, 3.63) is 36.2 Å². The minimum absolute atomic E-state index is 0.964. The van der Waals surface area contributed by atoms with Crippen molar-refractivity contribution < 1.29 is 0 Å². The van der Waals surface area contributed by atoms with Gasteiger partial charge in [-0.05, 0) is 12.5 Å². The van der Waals surface area contributed by atoms with Crippen LogP contribution in [0.15, 0.2) is 36.2 Å². The van der Waals surface area contributed by atoms with Gasteiger partial charge in [0, 0.05) is 24.9 Å². The molecule has 1 aliphatic heterocycles. The van der Waals surface area contributed by atoms with Gasteiger partial charge in [-0.2, -0.15) is 0 Å². The first-order valence-corrected chi connectivity index (χ1v) is 3.42. The maximum Gasteiger partial charge on any atom is 0.0365 e. The van der Waals surface area contributed by atoms with Gasteiger partial charge in [-0.25, -0.2) is 0 Å². The average molecular weight is 135 g/mol. The number of hydrogen-bond acceptors (Lipinski definition) is 1. The third kappa shape index (κ3) is 0.878. The van der Waals surface area contributed by atoms with Gasteiger partial charge < -0.3 is 4.90 Å². The Kier molecular flexibility index (Phi) is 1.66. The van der Waals surface area contributed by atoms with Crippen LogP contribution in [0, 0.1) is 0 Å². The van der Waals surface area contributed by atoms with E-state index in [1.165, 1.54) is 5.57 Å². The van der Waals surface area contributed by atoms with E-state index in [-0.39, 0.29) is 0 Å². The maximum absolute atomic E-state index is 3.93. The summed E-state index contributed by atoms with van der Waals surface area (Å²) in [6, 6.07) is 0. The largest absolute Gasteiger partial charge is 0.349 e. The van der Waals surface area contributed by atoms with E-state index in [2.05, 4.69) is 19.2 Å². The molecule has 0 aromatic heterocycles. The van der Waals surface area contributed by atoms with Crippen LogP contribution < -0.4 is 0 Å². The molecule has 0 aromatic carbocycles. The summed E-state index contributed by atoms with van der Waals surface area (Å²) in [5.74, 6) is 0. The normalized spacial score (nSPS) is 23.0. The van der Waals surface area contributed by atoms with Gasteiger partial charge in [-0.15, -0.1) is 0 Å². The molecule has 1 saturated heterocycles. The zero-order valence-corrected chi connectivity index (χ0v) is 6.65. The van der Waals surface area contributed by atoms with Crippen LogP contribution in [0.2, 0.25) is 0 Å². The smallest absolute Gasteiger partial charge is 0.0365 e. The van der Waals surface area contributed by atoms with E-state index in [0.717, 1.165) is 17.8 Å². The highest BCUT2D eigenvalue weighted by molar-refractivity contribution is 5.38. The second-order valence-electron chi connectivity index (χ2n) is 2.56. The summed E-state index contributed by atoms with van der Waals surface area (Å²) < 4.78 is 0. The summed E-state index contributed by atoms with van der Waals surface area (Å²) in [5.41, 5.74) is 3.53. The molecule has 0 aliphatic carbocycles. The van der Waals surface area contributed by atoms with Gasteiger partial charge in [-0.1, -0.05) is 19.2 Å². The molecule has 1 aliphatic rings. The first kappa shape index (κ1) is 7.13. The molecular formula is C9H13N. The summed E-state index contributed by atoms with van der Waals surface area (Å²) in [4.78, 5) is 2.04. The lowest BCUT2D eigenvalue weighted by Crippen LogP contribution is -2.06. The number of allylic oxidation sites excluding steroid dienone is 3. The molecule has 0 aromatic rings. The second-order valence-corrected chi connectivity index (χ2v) is 2.56. The van der Waals surface area contributed by atoms with E-state index in [0.29, 0.717) is 0 Å². The van der Waals surface area contributed by atoms with E-state index >= 15 is 0 Å². The quantitative estimate of drug-likeness (QED) is 0.492. The Morgan fingerprint density at radius 2 is 2.10 bits per heavy atom. The third-order valence-corrected chi connectivity index (χ3v) is 1.99. The molecule has 1 fully saturated rings. The third-order valence-electron chi connectivity index (χ3n) is 1.99. The Morgan fingerprint density at radius 3 is 2.30 bits per heavy atom. The van der Waals surface area contributed by atoms with E-state index < -0.39 is 0 Å². The molecular weight excluding hydrogens is 122 g/mol. The molecule has 10 heavy (non-hydrogen) atoms. The zero-order chi connectivity index (χ0) is 7.72. The minimum Gasteiger partial charge on any atom is -0.349 e. The summed E-state index contributed by atoms with van der Waals surface area (Å²) in [6.45, 7) is 9.88. The summed E-state index contributed by atoms with van der Waals surface area (Å²) in [5, 5.41) is 0. The molecule has 1 nitrogen and oxygen atoms in total. The summed E-state index contributed by atoms with van der Waals surface area (Å²) in [7, 11) is 2.00. The molecule has 0 atom stereocenters. The fraction of sp³-hybridized carbons (Fsp3) is 0.333. The average Bonchev–Trinajstić information content (AvgIpc) is 2.17. The molecule has 1 heteroatoms. The lowest BCUT2D eigenvalue weighted by atomic mass is 10.2. The predicted octanol–water partition coefficient (Wildman–Crippen LogP) is 2.30. The van der Waals surface area contributed by atoms with Crippen molar-refractivity contribution in [1.82, 2.24) is 4.90 Å². The topological polar surface area (TPSA) is 3.24 Å². The van der Waals surface area contributed by atoms with Gasteiger partial charge in [-0.3, -0.25) is 0 Å². The number of nitrogens with zero attached hydrogens (tertiary/aromatic N) is 1. The minimum atomic E-state index is 0.964. The van der Waals surface area contributed by atoms with Crippen LogP contribution >= 0.6 is 0 Å². The summed E-state index contributed by atoms with van der Waals surface area (Å²) in [6.07, 6.45) is 3.06. The lowest BCUT2D eigenvalue weighted by Gasteiger charge is -2.11. The van der Waals surface area contributed by atoms with Gasteiger partial charge in [0.1, 0.15) is 0 Å². The predicted molar refractivity (Wildman–Crippen MR) is 44.4 cm³/mol. The molecule has 1 heterocycles. The Balaban J connectivity index is 2.92. The van der Waals surface area contributed by atoms with Crippen LogP contribution in [-0.4, -0.2) is 11.9 Å². The fourth-order valence-corrected chi connectivity index (χ4v) is 1.12. The standard InChI is InChI=1S/C9H13N/c1-5-9-6-7(2)10(4)8(9)3/h5H,2-3,6H2,1,4H3/b9-5+. The van der Waals surface area contributed by atoms with Crippen molar-refractivity contribution in [3.8, 4) is 0 Å². The molecule has 0 amide bonds. The van der Waals surface area contributed by atoms with E-state index in [4.69, 9.17) is 0 Å². The van der Waals surface area contributed by atoms with Gasteiger partial charge in [0.25, 0.3) is 0 Å². The maximum atomic E-state index is 3.93. The highest BCUT2D eigenvalue weighted by atomic mass is 15.1. The van der Waals surface area contributed by atoms with Crippen LogP contribution in [-0.2, 0) is 0 Å². The molecule has 0 bridgehead atoms. The second kappa shape index (κ2) is 2.33. The van der Waals surface area contributed by atoms with Crippen LogP contribution in [0.1, 0.15) is 13.3 Å². The lowest BCUT2D eigenvalue weighted by molar-refractivity contribution is 0.569. The zero-order valence-electron chi connectivity index (χ0n) is 6.65. The van der Waals surface area contributed by atoms with Gasteiger partial charge >= 0.3 is 0 Å². The number of likely N-dealkylation sites (N-methyl/N-ethyl adjacent to an activating group) is 1. The van der Waals surface area contributed by atoms with Crippen LogP contribution in [0.4, 0.5) is 0 Å². The molecule has 0 N–H and O–H groups in total. The molecule has 0 saturated carbocycles. The van der Waals surface area contributed by atoms with Crippen molar-refractivity contribution in [2.75, 3.05) is 7.05 Å². The van der Waals surface area contributed by atoms with Crippen molar-refractivity contribution in [2.45, 2.75) is 13.3 Å². The van der Waals surface area contributed by atoms with Gasteiger partial charge in [0.2, 0.25) is 0 Å². The summed E-state index contributed by atoms with van der Waals surface area (Å²) >= 11 is 0. The van der Waals surface area contributed by atoms with Crippen molar-refractivity contribution in [3.63, 3.8) is 0 Å². The molecule has 54 valence electrons. The van der Waals surface area contributed by atoms with Gasteiger partial charge in [0.05, 0.1) is 0 Å². The van der Waals surface area contributed by atoms with Crippen LogP contribution in [0.5, 0.6) is 0 Å². The monoisotopic (exact) mass is 135 g/mol. The van der Waals surface area contributed by atoms with E-state index in [9.17, 15) is 0 Å². The number of likely N-dealkylation sites (tertiary alicyclic amines) is 1. The first-order valence-electron chi connectivity index (χ1n) is 3.42. The number of rotatable bonds is 0. The van der Waals surface area contributed by atoms with Crippen LogP contribution in [0.3, 0.4) is 0 Å². The Hall–Kier alpha value is -0.980. The van der Waals surface area contributed by atoms with Crippen molar-refractivity contribution >= 4 is 0 Å². The van der Waals surface area contributed by atoms with E-state index in [1.54, 1.807) is 0 Å². The van der Waals surface area contributed by atoms with Crippen molar-refractivity contribution in [1.29, 1.82) is 0 Å². The molecule has 1 rings (SSSR count). The Labute approximate surface area is 62.3 Å². The highest BCUT2D eigenvalue weighted by Crippen LogP contribution is 2.30. The molecule has 0 radical (unpaired) electrons. The Bertz CT molecular complexity index is 211. The fourth-order valence-electron chi connectivity index (χ4n) is 1.12. The number of hydrogen-bond donors (Lipinski definition) is 0. The SMILES string of the molecule is C=C1C/C(=C\C)C(=C)N1C. The van der Waals surface area contributed by atoms with E-state index in [1.807, 2.05) is 18.9 Å². The Morgan fingerprint density at radius 1 is 1.50 bits per heavy atom. The van der Waals surface area contributed by atoms with Crippen LogP contribution in [0.25, 0.3) is 0 Å². The molecule has 0 spiro atoms. The first-order chi connectivity index (χ1) is 4.66. The van der Waals surface area contributed by atoms with Gasteiger partial charge in [0.15, 0.2) is 0 Å². The highest BCUT2D eigenvalue weighted by Gasteiger charge is 2.18.